The van der Waals surface area contributed by atoms with E-state index in [0.717, 1.165) is 22.4 Å². The summed E-state index contributed by atoms with van der Waals surface area (Å²) in [4.78, 5) is 12.4. The summed E-state index contributed by atoms with van der Waals surface area (Å²) < 4.78 is 0. The zero-order chi connectivity index (χ0) is 15.6. The van der Waals surface area contributed by atoms with Crippen LogP contribution in [0, 0.1) is 0 Å². The van der Waals surface area contributed by atoms with Crippen molar-refractivity contribution in [1.29, 1.82) is 0 Å². The van der Waals surface area contributed by atoms with Crippen molar-refractivity contribution >= 4 is 11.6 Å². The third-order valence-corrected chi connectivity index (χ3v) is 4.10. The predicted molar refractivity (Wildman–Crippen MR) is 92.1 cm³/mol. The van der Waals surface area contributed by atoms with E-state index < -0.39 is 0 Å². The number of para-hydroxylation sites is 1. The van der Waals surface area contributed by atoms with E-state index in [4.69, 9.17) is 0 Å². The minimum Gasteiger partial charge on any atom is -0.361 e. The summed E-state index contributed by atoms with van der Waals surface area (Å²) in [6.07, 6.45) is -0.242. The summed E-state index contributed by atoms with van der Waals surface area (Å²) in [6, 6.07) is 25.9. The Balaban J connectivity index is 1.77. The van der Waals surface area contributed by atoms with Crippen molar-refractivity contribution in [2.45, 2.75) is 6.17 Å². The van der Waals surface area contributed by atoms with E-state index >= 15 is 0 Å². The van der Waals surface area contributed by atoms with Crippen LogP contribution in [0.2, 0.25) is 0 Å². The van der Waals surface area contributed by atoms with Gasteiger partial charge in [-0.15, -0.1) is 0 Å². The van der Waals surface area contributed by atoms with Gasteiger partial charge in [-0.3, -0.25) is 4.79 Å². The molecular formula is C20H16N2O. The van der Waals surface area contributed by atoms with Crippen molar-refractivity contribution in [1.82, 2.24) is 5.32 Å². The highest BCUT2D eigenvalue weighted by atomic mass is 16.2. The van der Waals surface area contributed by atoms with Crippen molar-refractivity contribution in [2.24, 2.45) is 0 Å². The first kappa shape index (κ1) is 13.6. The Hall–Kier alpha value is -3.07. The van der Waals surface area contributed by atoms with Gasteiger partial charge in [0, 0.05) is 11.3 Å². The Bertz CT molecular complexity index is 858. The van der Waals surface area contributed by atoms with Crippen molar-refractivity contribution < 1.29 is 4.79 Å². The highest BCUT2D eigenvalue weighted by molar-refractivity contribution is 6.01. The lowest BCUT2D eigenvalue weighted by Crippen LogP contribution is -2.38. The standard InChI is InChI=1S/C20H16N2O/c23-20-17-12-6-7-13-18(17)21-19(22-20)16-11-5-4-10-15(16)14-8-2-1-3-9-14/h1-13,19,21H,(H,22,23). The SMILES string of the molecule is O=C1NC(c2ccccc2-c2ccccc2)Nc2ccccc21. The molecule has 0 bridgehead atoms. The van der Waals surface area contributed by atoms with Crippen LogP contribution in [0.1, 0.15) is 22.1 Å². The smallest absolute Gasteiger partial charge is 0.255 e. The number of hydrogen-bond acceptors (Lipinski definition) is 2. The maximum Gasteiger partial charge on any atom is 0.255 e. The molecule has 0 aromatic heterocycles. The molecule has 0 saturated carbocycles. The average Bonchev–Trinajstić information content (AvgIpc) is 2.62. The highest BCUT2D eigenvalue weighted by Crippen LogP contribution is 2.32. The van der Waals surface area contributed by atoms with Gasteiger partial charge in [-0.25, -0.2) is 0 Å². The number of fused-ring (bicyclic) bond motifs is 1. The van der Waals surface area contributed by atoms with Gasteiger partial charge in [-0.2, -0.15) is 0 Å². The largest absolute Gasteiger partial charge is 0.361 e. The van der Waals surface area contributed by atoms with Gasteiger partial charge in [0.2, 0.25) is 0 Å². The van der Waals surface area contributed by atoms with Crippen LogP contribution in [0.5, 0.6) is 0 Å². The van der Waals surface area contributed by atoms with Crippen LogP contribution in [-0.2, 0) is 0 Å². The quantitative estimate of drug-likeness (QED) is 0.744. The maximum absolute atomic E-state index is 12.4. The van der Waals surface area contributed by atoms with E-state index in [0.29, 0.717) is 5.56 Å². The van der Waals surface area contributed by atoms with E-state index in [1.165, 1.54) is 0 Å². The second-order valence-corrected chi connectivity index (χ2v) is 5.55. The molecule has 0 spiro atoms. The van der Waals surface area contributed by atoms with Gasteiger partial charge in [0.1, 0.15) is 6.17 Å². The topological polar surface area (TPSA) is 41.1 Å². The number of anilines is 1. The Kier molecular flexibility index (Phi) is 3.31. The molecule has 4 rings (SSSR count). The van der Waals surface area contributed by atoms with Crippen LogP contribution in [0.3, 0.4) is 0 Å². The van der Waals surface area contributed by atoms with Crippen molar-refractivity contribution in [3.63, 3.8) is 0 Å². The molecule has 1 atom stereocenters. The number of hydrogen-bond donors (Lipinski definition) is 2. The van der Waals surface area contributed by atoms with Gasteiger partial charge in [-0.05, 0) is 23.3 Å². The van der Waals surface area contributed by atoms with Gasteiger partial charge in [0.15, 0.2) is 0 Å². The second-order valence-electron chi connectivity index (χ2n) is 5.55. The molecular weight excluding hydrogens is 284 g/mol. The van der Waals surface area contributed by atoms with Crippen molar-refractivity contribution in [3.8, 4) is 11.1 Å². The highest BCUT2D eigenvalue weighted by Gasteiger charge is 2.25. The molecule has 3 aromatic rings. The lowest BCUT2D eigenvalue weighted by atomic mass is 9.96. The first-order valence-electron chi connectivity index (χ1n) is 7.64. The monoisotopic (exact) mass is 300 g/mol. The molecule has 23 heavy (non-hydrogen) atoms. The summed E-state index contributed by atoms with van der Waals surface area (Å²) in [5.74, 6) is -0.0489. The van der Waals surface area contributed by atoms with Gasteiger partial charge in [0.05, 0.1) is 5.56 Å². The van der Waals surface area contributed by atoms with Gasteiger partial charge in [-0.1, -0.05) is 66.7 Å². The summed E-state index contributed by atoms with van der Waals surface area (Å²) in [7, 11) is 0. The number of carbonyl (C=O) groups is 1. The normalized spacial score (nSPS) is 16.2. The van der Waals surface area contributed by atoms with Gasteiger partial charge in [0.25, 0.3) is 5.91 Å². The second kappa shape index (κ2) is 5.61. The first-order valence-corrected chi connectivity index (χ1v) is 7.64. The number of amides is 1. The molecule has 1 amide bonds. The molecule has 3 nitrogen and oxygen atoms in total. The lowest BCUT2D eigenvalue weighted by Gasteiger charge is -2.29. The Morgan fingerprint density at radius 1 is 0.652 bits per heavy atom. The van der Waals surface area contributed by atoms with Crippen molar-refractivity contribution in [3.05, 3.63) is 90.0 Å². The third kappa shape index (κ3) is 2.46. The molecule has 1 heterocycles. The van der Waals surface area contributed by atoms with Crippen LogP contribution < -0.4 is 10.6 Å². The van der Waals surface area contributed by atoms with Crippen LogP contribution in [0.25, 0.3) is 11.1 Å². The van der Waals surface area contributed by atoms with Gasteiger partial charge >= 0.3 is 0 Å². The van der Waals surface area contributed by atoms with E-state index in [9.17, 15) is 4.79 Å². The third-order valence-electron chi connectivity index (χ3n) is 4.10. The van der Waals surface area contributed by atoms with E-state index in [-0.39, 0.29) is 12.1 Å². The fourth-order valence-corrected chi connectivity index (χ4v) is 2.99. The Morgan fingerprint density at radius 3 is 2.13 bits per heavy atom. The van der Waals surface area contributed by atoms with E-state index in [1.54, 1.807) is 0 Å². The molecule has 1 aliphatic rings. The molecule has 0 aliphatic carbocycles. The van der Waals surface area contributed by atoms with Crippen LogP contribution >= 0.6 is 0 Å². The van der Waals surface area contributed by atoms with Crippen LogP contribution in [0.15, 0.2) is 78.9 Å². The number of carbonyl (C=O) groups excluding carboxylic acids is 1. The van der Waals surface area contributed by atoms with E-state index in [2.05, 4.69) is 28.8 Å². The fourth-order valence-electron chi connectivity index (χ4n) is 2.99. The minimum absolute atomic E-state index is 0.0489. The lowest BCUT2D eigenvalue weighted by molar-refractivity contribution is 0.0936. The fraction of sp³-hybridized carbons (Fsp3) is 0.0500. The molecule has 1 unspecified atom stereocenters. The number of rotatable bonds is 2. The molecule has 112 valence electrons. The first-order chi connectivity index (χ1) is 11.3. The zero-order valence-corrected chi connectivity index (χ0v) is 12.5. The molecule has 0 radical (unpaired) electrons. The summed E-state index contributed by atoms with van der Waals surface area (Å²) >= 11 is 0. The molecule has 2 N–H and O–H groups in total. The van der Waals surface area contributed by atoms with E-state index in [1.807, 2.05) is 60.7 Å². The maximum atomic E-state index is 12.4. The van der Waals surface area contributed by atoms with Crippen LogP contribution in [0.4, 0.5) is 5.69 Å². The Labute approximate surface area is 135 Å². The summed E-state index contributed by atoms with van der Waals surface area (Å²) in [5, 5.41) is 6.47. The minimum atomic E-state index is -0.242. The van der Waals surface area contributed by atoms with Crippen LogP contribution in [-0.4, -0.2) is 5.91 Å². The average molecular weight is 300 g/mol. The molecule has 3 aromatic carbocycles. The van der Waals surface area contributed by atoms with Crippen molar-refractivity contribution in [2.75, 3.05) is 5.32 Å². The Morgan fingerprint density at radius 2 is 1.30 bits per heavy atom. The predicted octanol–water partition coefficient (Wildman–Crippen LogP) is 4.21. The molecule has 1 aliphatic heterocycles. The molecule has 0 fully saturated rings. The summed E-state index contributed by atoms with van der Waals surface area (Å²) in [6.45, 7) is 0. The van der Waals surface area contributed by atoms with Gasteiger partial charge < -0.3 is 10.6 Å². The summed E-state index contributed by atoms with van der Waals surface area (Å²) in [5.41, 5.74) is 4.86. The number of nitrogens with one attached hydrogen (secondary N) is 2. The molecule has 0 saturated heterocycles. The molecule has 3 heteroatoms. The zero-order valence-electron chi connectivity index (χ0n) is 12.5. The number of benzene rings is 3.